The maximum absolute atomic E-state index is 9.18. The van der Waals surface area contributed by atoms with Crippen molar-refractivity contribution in [2.24, 2.45) is 5.92 Å². The van der Waals surface area contributed by atoms with Gasteiger partial charge in [-0.15, -0.1) is 0 Å². The second-order valence-electron chi connectivity index (χ2n) is 2.82. The van der Waals surface area contributed by atoms with Gasteiger partial charge in [-0.25, -0.2) is 0 Å². The van der Waals surface area contributed by atoms with E-state index >= 15 is 0 Å². The number of hydrogen-bond acceptors (Lipinski definition) is 2. The summed E-state index contributed by atoms with van der Waals surface area (Å²) in [5.74, 6) is 0.615. The summed E-state index contributed by atoms with van der Waals surface area (Å²) < 4.78 is 0. The number of aliphatic hydroxyl groups excluding tert-OH is 1. The Morgan fingerprint density at radius 2 is 2.38 bits per heavy atom. The normalized spacial score (nSPS) is 52.9. The van der Waals surface area contributed by atoms with E-state index in [-0.39, 0.29) is 6.10 Å². The van der Waals surface area contributed by atoms with E-state index in [1.165, 1.54) is 6.42 Å². The Kier molecular flexibility index (Phi) is 0.866. The molecule has 2 rings (SSSR count). The molecule has 2 fully saturated rings. The van der Waals surface area contributed by atoms with E-state index in [1.807, 2.05) is 0 Å². The lowest BCUT2D eigenvalue weighted by Crippen LogP contribution is -2.32. The van der Waals surface area contributed by atoms with Crippen LogP contribution in [0.2, 0.25) is 0 Å². The Balaban J connectivity index is 1.99. The highest BCUT2D eigenvalue weighted by atomic mass is 16.3. The molecule has 0 radical (unpaired) electrons. The standard InChI is InChI=1S/C6H11NO/c8-6-1-2-7-5-3-4(5)6/h4-8H,1-3H2. The van der Waals surface area contributed by atoms with Crippen molar-refractivity contribution >= 4 is 0 Å². The predicted octanol–water partition coefficient (Wildman–Crippen LogP) is -0.271. The molecule has 0 spiro atoms. The number of nitrogens with one attached hydrogen (secondary N) is 1. The number of aliphatic hydroxyl groups is 1. The largest absolute Gasteiger partial charge is 0.393 e. The van der Waals surface area contributed by atoms with E-state index in [0.29, 0.717) is 12.0 Å². The van der Waals surface area contributed by atoms with Crippen LogP contribution < -0.4 is 5.32 Å². The second kappa shape index (κ2) is 1.45. The third-order valence-corrected chi connectivity index (χ3v) is 2.18. The average molecular weight is 113 g/mol. The van der Waals surface area contributed by atoms with E-state index in [4.69, 9.17) is 0 Å². The molecule has 1 heterocycles. The minimum absolute atomic E-state index is 0.0150. The van der Waals surface area contributed by atoms with Gasteiger partial charge in [-0.1, -0.05) is 0 Å². The second-order valence-corrected chi connectivity index (χ2v) is 2.82. The minimum Gasteiger partial charge on any atom is -0.393 e. The number of rotatable bonds is 0. The molecular weight excluding hydrogens is 102 g/mol. The van der Waals surface area contributed by atoms with Gasteiger partial charge in [0, 0.05) is 12.0 Å². The highest BCUT2D eigenvalue weighted by Gasteiger charge is 2.44. The maximum atomic E-state index is 9.18. The zero-order valence-electron chi connectivity index (χ0n) is 4.80. The van der Waals surface area contributed by atoms with Crippen LogP contribution in [0.3, 0.4) is 0 Å². The van der Waals surface area contributed by atoms with Gasteiger partial charge in [0.25, 0.3) is 0 Å². The zero-order chi connectivity index (χ0) is 5.56. The highest BCUT2D eigenvalue weighted by Crippen LogP contribution is 2.37. The van der Waals surface area contributed by atoms with Crippen molar-refractivity contribution in [1.29, 1.82) is 0 Å². The maximum Gasteiger partial charge on any atom is 0.0595 e. The summed E-state index contributed by atoms with van der Waals surface area (Å²) in [6.07, 6.45) is 2.18. The summed E-state index contributed by atoms with van der Waals surface area (Å²) in [5.41, 5.74) is 0. The molecule has 0 amide bonds. The van der Waals surface area contributed by atoms with E-state index in [0.717, 1.165) is 13.0 Å². The van der Waals surface area contributed by atoms with Crippen molar-refractivity contribution in [3.05, 3.63) is 0 Å². The van der Waals surface area contributed by atoms with E-state index in [2.05, 4.69) is 5.32 Å². The van der Waals surface area contributed by atoms with Crippen molar-refractivity contribution in [2.75, 3.05) is 6.54 Å². The molecule has 8 heavy (non-hydrogen) atoms. The summed E-state index contributed by atoms with van der Waals surface area (Å²) in [4.78, 5) is 0. The summed E-state index contributed by atoms with van der Waals surface area (Å²) in [6, 6.07) is 0.679. The van der Waals surface area contributed by atoms with Crippen LogP contribution in [0.4, 0.5) is 0 Å². The van der Waals surface area contributed by atoms with Crippen LogP contribution in [0.5, 0.6) is 0 Å². The first kappa shape index (κ1) is 4.77. The van der Waals surface area contributed by atoms with Gasteiger partial charge < -0.3 is 10.4 Å². The lowest BCUT2D eigenvalue weighted by atomic mass is 10.1. The predicted molar refractivity (Wildman–Crippen MR) is 30.5 cm³/mol. The SMILES string of the molecule is OC1CCNC2CC12. The topological polar surface area (TPSA) is 32.3 Å². The monoisotopic (exact) mass is 113 g/mol. The molecule has 46 valence electrons. The third-order valence-electron chi connectivity index (χ3n) is 2.18. The number of fused-ring (bicyclic) bond motifs is 1. The van der Waals surface area contributed by atoms with Crippen molar-refractivity contribution < 1.29 is 5.11 Å². The fourth-order valence-electron chi connectivity index (χ4n) is 1.51. The van der Waals surface area contributed by atoms with Crippen LogP contribution in [-0.4, -0.2) is 23.8 Å². The van der Waals surface area contributed by atoms with Crippen molar-refractivity contribution in [3.8, 4) is 0 Å². The Morgan fingerprint density at radius 3 is 3.00 bits per heavy atom. The van der Waals surface area contributed by atoms with Crippen LogP contribution >= 0.6 is 0 Å². The van der Waals surface area contributed by atoms with Gasteiger partial charge in [-0.2, -0.15) is 0 Å². The molecule has 1 aliphatic heterocycles. The molecular formula is C6H11NO. The van der Waals surface area contributed by atoms with Gasteiger partial charge in [0.15, 0.2) is 0 Å². The van der Waals surface area contributed by atoms with E-state index < -0.39 is 0 Å². The molecule has 2 aliphatic rings. The van der Waals surface area contributed by atoms with Gasteiger partial charge in [-0.3, -0.25) is 0 Å². The molecule has 2 heteroatoms. The fraction of sp³-hybridized carbons (Fsp3) is 1.00. The van der Waals surface area contributed by atoms with Crippen LogP contribution in [0.25, 0.3) is 0 Å². The minimum atomic E-state index is 0.0150. The molecule has 2 nitrogen and oxygen atoms in total. The molecule has 1 saturated carbocycles. The smallest absolute Gasteiger partial charge is 0.0595 e. The van der Waals surface area contributed by atoms with Crippen molar-refractivity contribution in [3.63, 3.8) is 0 Å². The van der Waals surface area contributed by atoms with Gasteiger partial charge in [0.1, 0.15) is 0 Å². The summed E-state index contributed by atoms with van der Waals surface area (Å²) in [7, 11) is 0. The zero-order valence-corrected chi connectivity index (χ0v) is 4.80. The molecule has 0 aromatic rings. The average Bonchev–Trinajstić information content (AvgIpc) is 2.45. The first-order valence-corrected chi connectivity index (χ1v) is 3.29. The van der Waals surface area contributed by atoms with Gasteiger partial charge in [-0.05, 0) is 19.4 Å². The van der Waals surface area contributed by atoms with E-state index in [1.54, 1.807) is 0 Å². The van der Waals surface area contributed by atoms with Gasteiger partial charge in [0.2, 0.25) is 0 Å². The van der Waals surface area contributed by atoms with Crippen LogP contribution in [0, 0.1) is 5.92 Å². The molecule has 3 unspecified atom stereocenters. The number of piperidine rings is 1. The Morgan fingerprint density at radius 1 is 1.50 bits per heavy atom. The summed E-state index contributed by atoms with van der Waals surface area (Å²) in [6.45, 7) is 1.02. The molecule has 1 saturated heterocycles. The van der Waals surface area contributed by atoms with Crippen LogP contribution in [0.15, 0.2) is 0 Å². The summed E-state index contributed by atoms with van der Waals surface area (Å²) in [5, 5.41) is 12.5. The van der Waals surface area contributed by atoms with Crippen molar-refractivity contribution in [2.45, 2.75) is 25.0 Å². The Hall–Kier alpha value is -0.0800. The summed E-state index contributed by atoms with van der Waals surface area (Å²) >= 11 is 0. The Bertz CT molecular complexity index is 105. The van der Waals surface area contributed by atoms with Crippen LogP contribution in [0.1, 0.15) is 12.8 Å². The quantitative estimate of drug-likeness (QED) is 0.453. The van der Waals surface area contributed by atoms with Crippen molar-refractivity contribution in [1.82, 2.24) is 5.32 Å². The molecule has 0 aromatic heterocycles. The Labute approximate surface area is 48.9 Å². The fourth-order valence-corrected chi connectivity index (χ4v) is 1.51. The number of hydrogen-bond donors (Lipinski definition) is 2. The first-order chi connectivity index (χ1) is 3.88. The van der Waals surface area contributed by atoms with Gasteiger partial charge >= 0.3 is 0 Å². The third kappa shape index (κ3) is 0.565. The first-order valence-electron chi connectivity index (χ1n) is 3.29. The molecule has 0 bridgehead atoms. The van der Waals surface area contributed by atoms with E-state index in [9.17, 15) is 5.11 Å². The lowest BCUT2D eigenvalue weighted by Gasteiger charge is -2.15. The molecule has 1 aliphatic carbocycles. The lowest BCUT2D eigenvalue weighted by molar-refractivity contribution is 0.123. The van der Waals surface area contributed by atoms with Crippen LogP contribution in [-0.2, 0) is 0 Å². The molecule has 3 atom stereocenters. The molecule has 0 aromatic carbocycles. The van der Waals surface area contributed by atoms with Gasteiger partial charge in [0.05, 0.1) is 6.10 Å². The molecule has 2 N–H and O–H groups in total. The highest BCUT2D eigenvalue weighted by molar-refractivity contribution is 5.00.